The van der Waals surface area contributed by atoms with Crippen LogP contribution in [0.3, 0.4) is 0 Å². The van der Waals surface area contributed by atoms with E-state index in [1.54, 1.807) is 24.0 Å². The van der Waals surface area contributed by atoms with Crippen LogP contribution in [0.15, 0.2) is 48.5 Å². The Morgan fingerprint density at radius 3 is 2.40 bits per heavy atom. The standard InChI is InChI=1S/C28H31N7O7/c1-3-42-24(36)16-34-28(41-2)21-15-33(13-12-22(21)32-34)27(38)23(14-17-4-10-20(11-5-17)35(39)40)31-26(37)19-8-6-18(7-9-19)25(29)30/h4-11,23H,3,12-16H2,1-2H3,(H3,29,30)(H,31,37)/t23-/m0/s1. The molecule has 0 spiro atoms. The van der Waals surface area contributed by atoms with Gasteiger partial charge in [0.25, 0.3) is 11.6 Å². The number of nitrogens with two attached hydrogens (primary N) is 1. The van der Waals surface area contributed by atoms with Crippen LogP contribution < -0.4 is 15.8 Å². The highest BCUT2D eigenvalue weighted by atomic mass is 16.6. The summed E-state index contributed by atoms with van der Waals surface area (Å²) in [4.78, 5) is 51.3. The summed E-state index contributed by atoms with van der Waals surface area (Å²) in [7, 11) is 1.45. The van der Waals surface area contributed by atoms with E-state index in [9.17, 15) is 24.5 Å². The Hall–Kier alpha value is -5.27. The lowest BCUT2D eigenvalue weighted by Gasteiger charge is -2.30. The van der Waals surface area contributed by atoms with E-state index >= 15 is 0 Å². The minimum atomic E-state index is -1.01. The zero-order valence-electron chi connectivity index (χ0n) is 23.2. The minimum Gasteiger partial charge on any atom is -0.481 e. The van der Waals surface area contributed by atoms with Crippen LogP contribution in [-0.4, -0.2) is 69.5 Å². The highest BCUT2D eigenvalue weighted by Crippen LogP contribution is 2.29. The van der Waals surface area contributed by atoms with Gasteiger partial charge in [0.15, 0.2) is 0 Å². The van der Waals surface area contributed by atoms with Gasteiger partial charge in [-0.25, -0.2) is 4.68 Å². The maximum atomic E-state index is 13.9. The summed E-state index contributed by atoms with van der Waals surface area (Å²) in [6, 6.07) is 10.9. The Bertz CT molecular complexity index is 1500. The summed E-state index contributed by atoms with van der Waals surface area (Å²) < 4.78 is 12.0. The number of ether oxygens (including phenoxy) is 2. The molecule has 0 fully saturated rings. The van der Waals surface area contributed by atoms with E-state index in [4.69, 9.17) is 20.6 Å². The highest BCUT2D eigenvalue weighted by molar-refractivity contribution is 5.99. The number of carbonyl (C=O) groups excluding carboxylic acids is 3. The molecule has 1 aliphatic rings. The average molecular weight is 578 g/mol. The monoisotopic (exact) mass is 577 g/mol. The first-order valence-corrected chi connectivity index (χ1v) is 13.2. The Morgan fingerprint density at radius 1 is 1.14 bits per heavy atom. The van der Waals surface area contributed by atoms with Crippen molar-refractivity contribution < 1.29 is 28.8 Å². The molecule has 3 aromatic rings. The molecule has 1 aliphatic heterocycles. The number of amides is 2. The van der Waals surface area contributed by atoms with E-state index in [0.717, 1.165) is 0 Å². The molecule has 14 heteroatoms. The van der Waals surface area contributed by atoms with E-state index in [2.05, 4.69) is 10.4 Å². The molecular weight excluding hydrogens is 546 g/mol. The van der Waals surface area contributed by atoms with Crippen molar-refractivity contribution in [3.63, 3.8) is 0 Å². The molecule has 2 amide bonds. The lowest BCUT2D eigenvalue weighted by Crippen LogP contribution is -2.50. The topological polar surface area (TPSA) is 196 Å². The second-order valence-electron chi connectivity index (χ2n) is 9.55. The van der Waals surface area contributed by atoms with Crippen molar-refractivity contribution in [3.8, 4) is 5.88 Å². The minimum absolute atomic E-state index is 0.0801. The van der Waals surface area contributed by atoms with E-state index in [-0.39, 0.29) is 49.1 Å². The SMILES string of the molecule is CCOC(=O)Cn1nc2c(c1OC)CN(C(=O)[C@H](Cc1ccc([N+](=O)[O-])cc1)NC(=O)c1ccc(C(=N)N)cc1)CC2. The van der Waals surface area contributed by atoms with Crippen molar-refractivity contribution in [3.05, 3.63) is 86.6 Å². The summed E-state index contributed by atoms with van der Waals surface area (Å²) in [5, 5.41) is 25.9. The number of nitrogens with one attached hydrogen (secondary N) is 2. The number of non-ortho nitro benzene ring substituents is 1. The summed E-state index contributed by atoms with van der Waals surface area (Å²) in [5.41, 5.74) is 8.10. The van der Waals surface area contributed by atoms with Crippen LogP contribution in [0.2, 0.25) is 0 Å². The Kier molecular flexibility index (Phi) is 9.15. The number of methoxy groups -OCH3 is 1. The first-order valence-electron chi connectivity index (χ1n) is 13.2. The zero-order chi connectivity index (χ0) is 30.4. The molecule has 14 nitrogen and oxygen atoms in total. The molecule has 0 bridgehead atoms. The number of nitro benzene ring substituents is 1. The Labute approximate surface area is 241 Å². The van der Waals surface area contributed by atoms with Crippen LogP contribution in [-0.2, 0) is 40.3 Å². The van der Waals surface area contributed by atoms with Gasteiger partial charge in [0, 0.05) is 42.6 Å². The van der Waals surface area contributed by atoms with Gasteiger partial charge in [-0.15, -0.1) is 0 Å². The van der Waals surface area contributed by atoms with Gasteiger partial charge in [-0.3, -0.25) is 29.9 Å². The van der Waals surface area contributed by atoms with Crippen molar-refractivity contribution in [1.29, 1.82) is 5.41 Å². The number of benzene rings is 2. The predicted molar refractivity (Wildman–Crippen MR) is 150 cm³/mol. The van der Waals surface area contributed by atoms with Crippen LogP contribution in [0.25, 0.3) is 0 Å². The van der Waals surface area contributed by atoms with Gasteiger partial charge >= 0.3 is 5.97 Å². The third-order valence-electron chi connectivity index (χ3n) is 6.79. The molecule has 220 valence electrons. The summed E-state index contributed by atoms with van der Waals surface area (Å²) in [5.74, 6) is -1.14. The highest BCUT2D eigenvalue weighted by Gasteiger charge is 2.33. The predicted octanol–water partition coefficient (Wildman–Crippen LogP) is 1.57. The van der Waals surface area contributed by atoms with Crippen molar-refractivity contribution in [2.75, 3.05) is 20.3 Å². The largest absolute Gasteiger partial charge is 0.481 e. The molecule has 1 aromatic heterocycles. The van der Waals surface area contributed by atoms with Crippen LogP contribution in [0.5, 0.6) is 5.88 Å². The van der Waals surface area contributed by atoms with Crippen molar-refractivity contribution in [1.82, 2.24) is 20.0 Å². The third kappa shape index (κ3) is 6.71. The molecule has 0 saturated carbocycles. The number of amidine groups is 1. The van der Waals surface area contributed by atoms with Crippen LogP contribution in [0, 0.1) is 15.5 Å². The number of nitrogen functional groups attached to an aromatic ring is 1. The lowest BCUT2D eigenvalue weighted by molar-refractivity contribution is -0.384. The van der Waals surface area contributed by atoms with E-state index in [1.165, 1.54) is 48.2 Å². The molecular formula is C28H31N7O7. The second kappa shape index (κ2) is 12.9. The van der Waals surface area contributed by atoms with Crippen molar-refractivity contribution >= 4 is 29.3 Å². The molecule has 2 heterocycles. The average Bonchev–Trinajstić information content (AvgIpc) is 3.32. The quantitative estimate of drug-likeness (QED) is 0.0996. The van der Waals surface area contributed by atoms with Crippen LogP contribution in [0.4, 0.5) is 5.69 Å². The molecule has 1 atom stereocenters. The number of hydrogen-bond acceptors (Lipinski definition) is 9. The maximum Gasteiger partial charge on any atom is 0.327 e. The second-order valence-corrected chi connectivity index (χ2v) is 9.55. The number of fused-ring (bicyclic) bond motifs is 1. The number of hydrogen-bond donors (Lipinski definition) is 3. The number of aromatic nitrogens is 2. The van der Waals surface area contributed by atoms with Crippen LogP contribution in [0.1, 0.15) is 39.7 Å². The fraction of sp³-hybridized carbons (Fsp3) is 0.321. The lowest BCUT2D eigenvalue weighted by atomic mass is 10.0. The fourth-order valence-electron chi connectivity index (χ4n) is 4.71. The van der Waals surface area contributed by atoms with Gasteiger partial charge in [0.1, 0.15) is 18.4 Å². The smallest absolute Gasteiger partial charge is 0.327 e. The molecule has 2 aromatic carbocycles. The van der Waals surface area contributed by atoms with E-state index in [1.807, 2.05) is 0 Å². The van der Waals surface area contributed by atoms with Crippen molar-refractivity contribution in [2.45, 2.75) is 38.9 Å². The number of nitro groups is 1. The summed E-state index contributed by atoms with van der Waals surface area (Å²) >= 11 is 0. The van der Waals surface area contributed by atoms with E-state index < -0.39 is 22.8 Å². The normalized spacial score (nSPS) is 13.0. The number of carbonyl (C=O) groups is 3. The van der Waals surface area contributed by atoms with Gasteiger partial charge in [-0.2, -0.15) is 5.10 Å². The van der Waals surface area contributed by atoms with Gasteiger partial charge < -0.3 is 25.4 Å². The first-order chi connectivity index (χ1) is 20.1. The maximum absolute atomic E-state index is 13.9. The number of rotatable bonds is 11. The molecule has 0 unspecified atom stereocenters. The van der Waals surface area contributed by atoms with E-state index in [0.29, 0.717) is 41.2 Å². The molecule has 0 saturated heterocycles. The summed E-state index contributed by atoms with van der Waals surface area (Å²) in [6.07, 6.45) is 0.481. The molecule has 42 heavy (non-hydrogen) atoms. The summed E-state index contributed by atoms with van der Waals surface area (Å²) in [6.45, 7) is 2.25. The van der Waals surface area contributed by atoms with Crippen LogP contribution >= 0.6 is 0 Å². The molecule has 0 radical (unpaired) electrons. The molecule has 4 rings (SSSR count). The van der Waals surface area contributed by atoms with Gasteiger partial charge in [0.2, 0.25) is 11.8 Å². The van der Waals surface area contributed by atoms with Gasteiger partial charge in [-0.1, -0.05) is 24.3 Å². The van der Waals surface area contributed by atoms with Gasteiger partial charge in [-0.05, 0) is 24.6 Å². The fourth-order valence-corrected chi connectivity index (χ4v) is 4.71. The molecule has 4 N–H and O–H groups in total. The van der Waals surface area contributed by atoms with Gasteiger partial charge in [0.05, 0.1) is 36.4 Å². The molecule has 0 aliphatic carbocycles. The number of esters is 1. The number of nitrogens with zero attached hydrogens (tertiary/aromatic N) is 4. The Balaban J connectivity index is 1.58. The Morgan fingerprint density at radius 2 is 1.81 bits per heavy atom. The first kappa shape index (κ1) is 29.7. The zero-order valence-corrected chi connectivity index (χ0v) is 23.2. The third-order valence-corrected chi connectivity index (χ3v) is 6.79. The van der Waals surface area contributed by atoms with Crippen molar-refractivity contribution in [2.24, 2.45) is 5.73 Å².